The molecule has 0 saturated heterocycles. The normalized spacial score (nSPS) is 17.2. The smallest absolute Gasteiger partial charge is 0.250 e. The van der Waals surface area contributed by atoms with Crippen LogP contribution in [0.1, 0.15) is 22.7 Å². The fourth-order valence-corrected chi connectivity index (χ4v) is 4.59. The average Bonchev–Trinajstić information content (AvgIpc) is 3.41. The molecule has 6 rings (SSSR count). The van der Waals surface area contributed by atoms with Gasteiger partial charge in [-0.05, 0) is 48.2 Å². The third kappa shape index (κ3) is 2.74. The summed E-state index contributed by atoms with van der Waals surface area (Å²) in [6.07, 6.45) is 4.44. The lowest BCUT2D eigenvalue weighted by Crippen LogP contribution is -2.15. The number of hydrogen-bond acceptors (Lipinski definition) is 5. The third-order valence-electron chi connectivity index (χ3n) is 6.21. The molecule has 31 heavy (non-hydrogen) atoms. The fourth-order valence-electron chi connectivity index (χ4n) is 4.59. The van der Waals surface area contributed by atoms with E-state index in [1.807, 2.05) is 16.5 Å². The van der Waals surface area contributed by atoms with Gasteiger partial charge in [0, 0.05) is 30.4 Å². The minimum atomic E-state index is -0.213. The second-order valence-electron chi connectivity index (χ2n) is 8.01. The number of nitrogens with zero attached hydrogens (tertiary/aromatic N) is 4. The molecule has 4 aromatic rings. The fraction of sp³-hybridized carbons (Fsp3) is 0.261. The molecule has 0 amide bonds. The molecule has 7 nitrogen and oxygen atoms in total. The predicted octanol–water partition coefficient (Wildman–Crippen LogP) is 2.89. The first-order valence-corrected chi connectivity index (χ1v) is 10.2. The van der Waals surface area contributed by atoms with Crippen LogP contribution < -0.4 is 15.0 Å². The summed E-state index contributed by atoms with van der Waals surface area (Å²) in [5, 5.41) is 8.38. The zero-order chi connectivity index (χ0) is 21.1. The van der Waals surface area contributed by atoms with Crippen molar-refractivity contribution in [2.75, 3.05) is 13.2 Å². The van der Waals surface area contributed by atoms with E-state index in [-0.39, 0.29) is 17.3 Å². The van der Waals surface area contributed by atoms with E-state index >= 15 is 0 Å². The largest absolute Gasteiger partial charge is 0.493 e. The summed E-state index contributed by atoms with van der Waals surface area (Å²) in [6, 6.07) is 8.54. The Morgan fingerprint density at radius 3 is 2.77 bits per heavy atom. The lowest BCUT2D eigenvalue weighted by Gasteiger charge is -2.16. The molecule has 0 fully saturated rings. The number of ether oxygens (including phenoxy) is 2. The zero-order valence-corrected chi connectivity index (χ0v) is 16.8. The van der Waals surface area contributed by atoms with Gasteiger partial charge in [0.1, 0.15) is 23.6 Å². The van der Waals surface area contributed by atoms with E-state index in [4.69, 9.17) is 9.47 Å². The molecule has 156 valence electrons. The maximum atomic E-state index is 14.7. The first kappa shape index (κ1) is 18.1. The topological polar surface area (TPSA) is 70.7 Å². The van der Waals surface area contributed by atoms with Gasteiger partial charge in [0.05, 0.1) is 24.8 Å². The SMILES string of the molecule is Cn1ccc(-c2cc3c(n4cnnc24)CCc2c(F)ccc4c2[C@H](CO4)CO3)cc1=O. The molecular formula is C23H19FN4O3. The predicted molar refractivity (Wildman–Crippen MR) is 111 cm³/mol. The summed E-state index contributed by atoms with van der Waals surface area (Å²) in [5.41, 5.74) is 4.52. The summed E-state index contributed by atoms with van der Waals surface area (Å²) < 4.78 is 30.2. The molecule has 0 aliphatic carbocycles. The van der Waals surface area contributed by atoms with Crippen LogP contribution >= 0.6 is 0 Å². The van der Waals surface area contributed by atoms with Crippen LogP contribution in [0.3, 0.4) is 0 Å². The lowest BCUT2D eigenvalue weighted by atomic mass is 9.93. The Morgan fingerprint density at radius 2 is 1.94 bits per heavy atom. The monoisotopic (exact) mass is 418 g/mol. The third-order valence-corrected chi connectivity index (χ3v) is 6.21. The number of hydrogen-bond donors (Lipinski definition) is 0. The van der Waals surface area contributed by atoms with Crippen molar-refractivity contribution in [3.63, 3.8) is 0 Å². The van der Waals surface area contributed by atoms with E-state index < -0.39 is 0 Å². The van der Waals surface area contributed by atoms with Crippen LogP contribution in [0.25, 0.3) is 16.8 Å². The average molecular weight is 418 g/mol. The van der Waals surface area contributed by atoms with Crippen LogP contribution in [-0.4, -0.2) is 32.4 Å². The van der Waals surface area contributed by atoms with Gasteiger partial charge in [0.25, 0.3) is 5.56 Å². The van der Waals surface area contributed by atoms with Crippen molar-refractivity contribution in [3.8, 4) is 22.6 Å². The molecule has 8 heteroatoms. The Bertz CT molecular complexity index is 1410. The molecule has 0 unspecified atom stereocenters. The van der Waals surface area contributed by atoms with E-state index in [9.17, 15) is 9.18 Å². The lowest BCUT2D eigenvalue weighted by molar-refractivity contribution is 0.246. The summed E-state index contributed by atoms with van der Waals surface area (Å²) in [4.78, 5) is 12.2. The van der Waals surface area contributed by atoms with Crippen LogP contribution in [-0.2, 0) is 19.9 Å². The second kappa shape index (κ2) is 6.66. The number of rotatable bonds is 1. The maximum absolute atomic E-state index is 14.7. The van der Waals surface area contributed by atoms with Crippen molar-refractivity contribution in [3.05, 3.63) is 75.8 Å². The number of aryl methyl sites for hydroxylation is 2. The van der Waals surface area contributed by atoms with Crippen molar-refractivity contribution in [1.82, 2.24) is 19.2 Å². The quantitative estimate of drug-likeness (QED) is 0.475. The molecule has 0 N–H and O–H groups in total. The van der Waals surface area contributed by atoms with Crippen LogP contribution in [0.15, 0.2) is 47.7 Å². The van der Waals surface area contributed by atoms with Gasteiger partial charge in [0.15, 0.2) is 5.65 Å². The van der Waals surface area contributed by atoms with E-state index in [0.717, 1.165) is 28.1 Å². The van der Waals surface area contributed by atoms with Crippen LogP contribution in [0, 0.1) is 5.82 Å². The Morgan fingerprint density at radius 1 is 1.10 bits per heavy atom. The molecule has 0 saturated carbocycles. The van der Waals surface area contributed by atoms with Crippen LogP contribution in [0.4, 0.5) is 4.39 Å². The molecule has 5 heterocycles. The molecule has 3 aromatic heterocycles. The van der Waals surface area contributed by atoms with E-state index in [1.165, 1.54) is 10.6 Å². The second-order valence-corrected chi connectivity index (χ2v) is 8.01. The standard InChI is InChI=1S/C23H19FN4O3/c1-27-7-6-13(8-21(27)29)16-9-20-18(28-12-25-26-23(16)28)4-2-15-17(24)3-5-19-22(15)14(10-30-19)11-31-20/h3,5-9,12,14H,2,4,10-11H2,1H3/t14-/m1/s1. The molecule has 0 spiro atoms. The van der Waals surface area contributed by atoms with Gasteiger partial charge < -0.3 is 14.0 Å². The number of benzene rings is 1. The molecule has 2 aliphatic rings. The summed E-state index contributed by atoms with van der Waals surface area (Å²) in [5.74, 6) is 1.18. The highest BCUT2D eigenvalue weighted by atomic mass is 19.1. The number of fused-ring (bicyclic) bond motifs is 3. The van der Waals surface area contributed by atoms with Gasteiger partial charge in [-0.25, -0.2) is 4.39 Å². The molecule has 0 bridgehead atoms. The van der Waals surface area contributed by atoms with Gasteiger partial charge in [-0.1, -0.05) is 0 Å². The number of halogens is 1. The highest BCUT2D eigenvalue weighted by Gasteiger charge is 2.31. The van der Waals surface area contributed by atoms with Crippen LogP contribution in [0.5, 0.6) is 11.5 Å². The van der Waals surface area contributed by atoms with Crippen molar-refractivity contribution < 1.29 is 13.9 Å². The molecule has 2 aliphatic heterocycles. The first-order chi connectivity index (χ1) is 15.1. The molecule has 1 aromatic carbocycles. The Labute approximate surface area is 176 Å². The van der Waals surface area contributed by atoms with Gasteiger partial charge >= 0.3 is 0 Å². The molecule has 1 atom stereocenters. The van der Waals surface area contributed by atoms with Crippen molar-refractivity contribution in [1.29, 1.82) is 0 Å². The van der Waals surface area contributed by atoms with Gasteiger partial charge in [-0.15, -0.1) is 10.2 Å². The minimum absolute atomic E-state index is 0.0317. The summed E-state index contributed by atoms with van der Waals surface area (Å²) >= 11 is 0. The van der Waals surface area contributed by atoms with Crippen molar-refractivity contribution in [2.45, 2.75) is 18.8 Å². The number of aromatic nitrogens is 4. The maximum Gasteiger partial charge on any atom is 0.250 e. The van der Waals surface area contributed by atoms with Crippen molar-refractivity contribution >= 4 is 5.65 Å². The van der Waals surface area contributed by atoms with Gasteiger partial charge in [-0.3, -0.25) is 9.20 Å². The highest BCUT2D eigenvalue weighted by molar-refractivity contribution is 5.79. The highest BCUT2D eigenvalue weighted by Crippen LogP contribution is 2.41. The Hall–Kier alpha value is -3.68. The molecular weight excluding hydrogens is 399 g/mol. The Balaban J connectivity index is 1.52. The van der Waals surface area contributed by atoms with E-state index in [2.05, 4.69) is 10.2 Å². The first-order valence-electron chi connectivity index (χ1n) is 10.2. The van der Waals surface area contributed by atoms with E-state index in [0.29, 0.717) is 43.0 Å². The minimum Gasteiger partial charge on any atom is -0.493 e. The summed E-state index contributed by atoms with van der Waals surface area (Å²) in [6.45, 7) is 0.845. The zero-order valence-electron chi connectivity index (χ0n) is 16.8. The van der Waals surface area contributed by atoms with Crippen LogP contribution in [0.2, 0.25) is 0 Å². The van der Waals surface area contributed by atoms with E-state index in [1.54, 1.807) is 31.7 Å². The Kier molecular flexibility index (Phi) is 3.89. The number of pyridine rings is 2. The molecule has 0 radical (unpaired) electrons. The van der Waals surface area contributed by atoms with Gasteiger partial charge in [-0.2, -0.15) is 0 Å². The van der Waals surface area contributed by atoms with Crippen molar-refractivity contribution in [2.24, 2.45) is 7.05 Å². The summed E-state index contributed by atoms with van der Waals surface area (Å²) in [7, 11) is 1.71. The van der Waals surface area contributed by atoms with Gasteiger partial charge in [0.2, 0.25) is 0 Å².